The summed E-state index contributed by atoms with van der Waals surface area (Å²) in [5.74, 6) is 0. The highest BCUT2D eigenvalue weighted by molar-refractivity contribution is 6.25. The lowest BCUT2D eigenvalue weighted by atomic mass is 9.91. The molecule has 0 unspecified atom stereocenters. The molecule has 0 heterocycles. The average molecular weight is 469 g/mol. The van der Waals surface area contributed by atoms with Crippen LogP contribution in [-0.2, 0) is 6.42 Å². The van der Waals surface area contributed by atoms with Crippen LogP contribution >= 0.6 is 0 Å². The summed E-state index contributed by atoms with van der Waals surface area (Å²) in [5, 5.41) is 10.6. The van der Waals surface area contributed by atoms with Crippen LogP contribution in [0, 0.1) is 0 Å². The second kappa shape index (κ2) is 7.91. The van der Waals surface area contributed by atoms with Crippen LogP contribution in [0.1, 0.15) is 16.7 Å². The zero-order valence-corrected chi connectivity index (χ0v) is 20.4. The Balaban J connectivity index is 1.29. The van der Waals surface area contributed by atoms with Gasteiger partial charge < -0.3 is 0 Å². The monoisotopic (exact) mass is 468 g/mol. The largest absolute Gasteiger partial charge is 0.0716 e. The van der Waals surface area contributed by atoms with Gasteiger partial charge in [0.15, 0.2) is 0 Å². The Bertz CT molecular complexity index is 2020. The standard InChI is InChI=1S/C37H24/c1-2-11-28-24(8-1)16-18-34-29(20-21-35(28)34)27-10-7-9-25(22-27)26-17-19-36-32-14-4-3-12-30(32)31-13-5-6-15-33(31)37(36)23-26/h1-20,22-23H,21H2. The molecule has 0 spiro atoms. The Hall–Kier alpha value is -4.68. The lowest BCUT2D eigenvalue weighted by molar-refractivity contribution is 1.35. The van der Waals surface area contributed by atoms with Gasteiger partial charge in [-0.25, -0.2) is 0 Å². The van der Waals surface area contributed by atoms with Crippen LogP contribution in [-0.4, -0.2) is 0 Å². The van der Waals surface area contributed by atoms with Crippen molar-refractivity contribution in [2.24, 2.45) is 0 Å². The van der Waals surface area contributed by atoms with Crippen molar-refractivity contribution in [2.75, 3.05) is 0 Å². The van der Waals surface area contributed by atoms with E-state index in [9.17, 15) is 0 Å². The first-order chi connectivity index (χ1) is 18.3. The van der Waals surface area contributed by atoms with Crippen molar-refractivity contribution in [1.29, 1.82) is 0 Å². The molecule has 0 nitrogen and oxygen atoms in total. The highest BCUT2D eigenvalue weighted by Crippen LogP contribution is 2.40. The fourth-order valence-electron chi connectivity index (χ4n) is 6.35. The summed E-state index contributed by atoms with van der Waals surface area (Å²) in [6, 6.07) is 46.9. The fourth-order valence-corrected chi connectivity index (χ4v) is 6.35. The topological polar surface area (TPSA) is 0 Å². The van der Waals surface area contributed by atoms with Crippen LogP contribution in [0.3, 0.4) is 0 Å². The molecule has 37 heavy (non-hydrogen) atoms. The van der Waals surface area contributed by atoms with E-state index in [1.807, 2.05) is 0 Å². The first-order valence-electron chi connectivity index (χ1n) is 13.0. The Labute approximate surface area is 216 Å². The molecular formula is C37H24. The Kier molecular flexibility index (Phi) is 4.39. The Morgan fingerprint density at radius 2 is 0.973 bits per heavy atom. The predicted octanol–water partition coefficient (Wildman–Crippen LogP) is 9.95. The SMILES string of the molecule is C1=C(c2cccc(-c3ccc4c5ccccc5c5ccccc5c4c3)c2)c2ccc3ccccc3c2C1. The lowest BCUT2D eigenvalue weighted by Crippen LogP contribution is -1.90. The summed E-state index contributed by atoms with van der Waals surface area (Å²) >= 11 is 0. The van der Waals surface area contributed by atoms with Gasteiger partial charge in [-0.3, -0.25) is 0 Å². The maximum Gasteiger partial charge on any atom is -0.00757 e. The molecule has 7 aromatic carbocycles. The third kappa shape index (κ3) is 3.09. The molecular weight excluding hydrogens is 444 g/mol. The van der Waals surface area contributed by atoms with Crippen LogP contribution in [0.15, 0.2) is 133 Å². The molecule has 172 valence electrons. The van der Waals surface area contributed by atoms with Gasteiger partial charge in [-0.15, -0.1) is 0 Å². The molecule has 0 N–H and O–H groups in total. The van der Waals surface area contributed by atoms with E-state index in [0.29, 0.717) is 0 Å². The van der Waals surface area contributed by atoms with Crippen molar-refractivity contribution >= 4 is 48.7 Å². The minimum atomic E-state index is 0.991. The van der Waals surface area contributed by atoms with Crippen LogP contribution in [0.5, 0.6) is 0 Å². The Morgan fingerprint density at radius 3 is 1.73 bits per heavy atom. The smallest absolute Gasteiger partial charge is 0.00757 e. The predicted molar refractivity (Wildman–Crippen MR) is 159 cm³/mol. The van der Waals surface area contributed by atoms with Crippen LogP contribution < -0.4 is 0 Å². The minimum Gasteiger partial charge on any atom is -0.0716 e. The van der Waals surface area contributed by atoms with Gasteiger partial charge in [-0.1, -0.05) is 121 Å². The van der Waals surface area contributed by atoms with Crippen molar-refractivity contribution in [2.45, 2.75) is 6.42 Å². The van der Waals surface area contributed by atoms with Gasteiger partial charge >= 0.3 is 0 Å². The van der Waals surface area contributed by atoms with Crippen molar-refractivity contribution in [3.8, 4) is 11.1 Å². The number of hydrogen-bond acceptors (Lipinski definition) is 0. The van der Waals surface area contributed by atoms with Gasteiger partial charge in [0.2, 0.25) is 0 Å². The quantitative estimate of drug-likeness (QED) is 0.221. The summed E-state index contributed by atoms with van der Waals surface area (Å²) in [6.45, 7) is 0. The second-order valence-electron chi connectivity index (χ2n) is 10.1. The Morgan fingerprint density at radius 1 is 0.378 bits per heavy atom. The summed E-state index contributed by atoms with van der Waals surface area (Å²) in [6.07, 6.45) is 3.39. The van der Waals surface area contributed by atoms with Gasteiger partial charge in [0.1, 0.15) is 0 Å². The third-order valence-electron chi connectivity index (χ3n) is 8.09. The maximum absolute atomic E-state index is 2.40. The fraction of sp³-hybridized carbons (Fsp3) is 0.0270. The molecule has 7 aromatic rings. The highest BCUT2D eigenvalue weighted by Gasteiger charge is 2.18. The van der Waals surface area contributed by atoms with E-state index in [2.05, 4.69) is 133 Å². The van der Waals surface area contributed by atoms with Crippen LogP contribution in [0.25, 0.3) is 59.8 Å². The molecule has 0 aromatic heterocycles. The van der Waals surface area contributed by atoms with Crippen molar-refractivity contribution in [3.05, 3.63) is 150 Å². The normalized spacial score (nSPS) is 12.9. The molecule has 0 saturated carbocycles. The number of allylic oxidation sites excluding steroid dienone is 1. The van der Waals surface area contributed by atoms with E-state index in [1.165, 1.54) is 76.5 Å². The van der Waals surface area contributed by atoms with Crippen molar-refractivity contribution in [3.63, 3.8) is 0 Å². The van der Waals surface area contributed by atoms with Crippen molar-refractivity contribution in [1.82, 2.24) is 0 Å². The zero-order valence-electron chi connectivity index (χ0n) is 20.4. The van der Waals surface area contributed by atoms with E-state index in [0.717, 1.165) is 6.42 Å². The summed E-state index contributed by atoms with van der Waals surface area (Å²) in [5.41, 5.74) is 7.96. The molecule has 0 saturated heterocycles. The van der Waals surface area contributed by atoms with Gasteiger partial charge in [-0.2, -0.15) is 0 Å². The zero-order chi connectivity index (χ0) is 24.3. The number of hydrogen-bond donors (Lipinski definition) is 0. The van der Waals surface area contributed by atoms with E-state index >= 15 is 0 Å². The van der Waals surface area contributed by atoms with Crippen LogP contribution in [0.2, 0.25) is 0 Å². The van der Waals surface area contributed by atoms with E-state index < -0.39 is 0 Å². The van der Waals surface area contributed by atoms with Crippen molar-refractivity contribution < 1.29 is 0 Å². The molecule has 1 aliphatic rings. The maximum atomic E-state index is 2.40. The number of fused-ring (bicyclic) bond motifs is 9. The summed E-state index contributed by atoms with van der Waals surface area (Å²) in [7, 11) is 0. The lowest BCUT2D eigenvalue weighted by Gasteiger charge is -2.13. The third-order valence-corrected chi connectivity index (χ3v) is 8.09. The van der Waals surface area contributed by atoms with Crippen LogP contribution in [0.4, 0.5) is 0 Å². The molecule has 0 aliphatic heterocycles. The summed E-state index contributed by atoms with van der Waals surface area (Å²) in [4.78, 5) is 0. The van der Waals surface area contributed by atoms with Gasteiger partial charge in [-0.05, 0) is 95.0 Å². The second-order valence-corrected chi connectivity index (χ2v) is 10.1. The number of rotatable bonds is 2. The first kappa shape index (κ1) is 20.5. The molecule has 0 amide bonds. The molecule has 8 rings (SSSR count). The van der Waals surface area contributed by atoms with E-state index in [1.54, 1.807) is 0 Å². The highest BCUT2D eigenvalue weighted by atomic mass is 14.2. The molecule has 0 fully saturated rings. The van der Waals surface area contributed by atoms with Gasteiger partial charge in [0, 0.05) is 0 Å². The summed E-state index contributed by atoms with van der Waals surface area (Å²) < 4.78 is 0. The minimum absolute atomic E-state index is 0.991. The average Bonchev–Trinajstić information content (AvgIpc) is 3.42. The van der Waals surface area contributed by atoms with E-state index in [4.69, 9.17) is 0 Å². The van der Waals surface area contributed by atoms with Gasteiger partial charge in [0.25, 0.3) is 0 Å². The van der Waals surface area contributed by atoms with E-state index in [-0.39, 0.29) is 0 Å². The molecule has 1 aliphatic carbocycles. The molecule has 0 radical (unpaired) electrons. The molecule has 0 heteroatoms. The van der Waals surface area contributed by atoms with Gasteiger partial charge in [0.05, 0.1) is 0 Å². The molecule has 0 atom stereocenters. The first-order valence-corrected chi connectivity index (χ1v) is 13.0. The number of benzene rings is 7. The molecule has 0 bridgehead atoms.